The second kappa shape index (κ2) is 3.20. The van der Waals surface area contributed by atoms with Crippen LogP contribution >= 0.6 is 0 Å². The zero-order chi connectivity index (χ0) is 8.31. The Kier molecular flexibility index (Phi) is 2.86. The van der Waals surface area contributed by atoms with Crippen LogP contribution < -0.4 is 0 Å². The molecule has 0 aliphatic rings. The topological polar surface area (TPSA) is 74.3 Å². The first-order chi connectivity index (χ1) is 4.46. The predicted octanol–water partition coefficient (Wildman–Crippen LogP) is 0.300. The summed E-state index contributed by atoms with van der Waals surface area (Å²) in [6, 6.07) is 0. The van der Waals surface area contributed by atoms with E-state index >= 15 is 0 Å². The summed E-state index contributed by atoms with van der Waals surface area (Å²) in [5.74, 6) is -4.26. The Morgan fingerprint density at radius 3 is 1.70 bits per heavy atom. The van der Waals surface area contributed by atoms with E-state index in [1.165, 1.54) is 13.8 Å². The molecule has 0 aliphatic heterocycles. The Labute approximate surface area is 58.5 Å². The van der Waals surface area contributed by atoms with Gasteiger partial charge in [-0.1, -0.05) is 13.8 Å². The van der Waals surface area contributed by atoms with Crippen molar-refractivity contribution in [2.75, 3.05) is 0 Å². The van der Waals surface area contributed by atoms with Gasteiger partial charge in [0.05, 0.1) is 11.8 Å². The smallest absolute Gasteiger partial charge is 0.359 e. The van der Waals surface area contributed by atoms with Crippen molar-refractivity contribution in [1.82, 2.24) is 0 Å². The van der Waals surface area contributed by atoms with Crippen LogP contribution in [0, 0.1) is 11.8 Å². The highest BCUT2D eigenvalue weighted by Crippen LogP contribution is 2.10. The third-order valence-electron chi connectivity index (χ3n) is 1.51. The summed E-state index contributed by atoms with van der Waals surface area (Å²) in [6.07, 6.45) is 0. The van der Waals surface area contributed by atoms with Gasteiger partial charge in [-0.15, -0.1) is 0 Å². The van der Waals surface area contributed by atoms with Gasteiger partial charge in [0.25, 0.3) is 0 Å². The molecule has 1 radical (unpaired) electrons. The molecule has 1 N–H and O–H groups in total. The molecule has 0 spiro atoms. The van der Waals surface area contributed by atoms with Crippen LogP contribution in [0.1, 0.15) is 13.8 Å². The summed E-state index contributed by atoms with van der Waals surface area (Å²) in [5.41, 5.74) is 0. The molecule has 0 aromatic rings. The zero-order valence-corrected chi connectivity index (χ0v) is 5.83. The van der Waals surface area contributed by atoms with Crippen molar-refractivity contribution in [3.05, 3.63) is 0 Å². The largest absolute Gasteiger partial charge is 0.481 e. The fourth-order valence-corrected chi connectivity index (χ4v) is 0.418. The van der Waals surface area contributed by atoms with Gasteiger partial charge in [-0.3, -0.25) is 4.79 Å². The number of carbonyl (C=O) groups is 2. The van der Waals surface area contributed by atoms with Crippen molar-refractivity contribution in [3.8, 4) is 0 Å². The molecule has 0 rings (SSSR count). The summed E-state index contributed by atoms with van der Waals surface area (Å²) in [7, 11) is 0. The van der Waals surface area contributed by atoms with Crippen LogP contribution in [0.15, 0.2) is 0 Å². The summed E-state index contributed by atoms with van der Waals surface area (Å²) < 4.78 is 0. The molecule has 0 aromatic heterocycles. The van der Waals surface area contributed by atoms with Gasteiger partial charge in [0.2, 0.25) is 0 Å². The van der Waals surface area contributed by atoms with E-state index in [0.29, 0.717) is 0 Å². The molecule has 4 nitrogen and oxygen atoms in total. The summed E-state index contributed by atoms with van der Waals surface area (Å²) >= 11 is 0. The van der Waals surface area contributed by atoms with Crippen molar-refractivity contribution < 1.29 is 19.8 Å². The molecule has 0 amide bonds. The average molecular weight is 145 g/mol. The van der Waals surface area contributed by atoms with Crippen LogP contribution in [-0.4, -0.2) is 17.0 Å². The van der Waals surface area contributed by atoms with Crippen molar-refractivity contribution in [2.45, 2.75) is 13.8 Å². The van der Waals surface area contributed by atoms with E-state index < -0.39 is 23.8 Å². The number of hydrogen-bond donors (Lipinski definition) is 1. The van der Waals surface area contributed by atoms with Gasteiger partial charge in [0.15, 0.2) is 0 Å². The van der Waals surface area contributed by atoms with Gasteiger partial charge < -0.3 is 5.11 Å². The molecule has 0 fully saturated rings. The lowest BCUT2D eigenvalue weighted by Crippen LogP contribution is -2.24. The minimum Gasteiger partial charge on any atom is -0.481 e. The maximum atomic E-state index is 10.2. The highest BCUT2D eigenvalue weighted by Gasteiger charge is 2.26. The molecule has 0 saturated carbocycles. The van der Waals surface area contributed by atoms with Gasteiger partial charge in [-0.25, -0.2) is 9.90 Å². The predicted molar refractivity (Wildman–Crippen MR) is 31.7 cm³/mol. The second-order valence-electron chi connectivity index (χ2n) is 2.23. The molecule has 57 valence electrons. The van der Waals surface area contributed by atoms with Crippen LogP contribution in [0.5, 0.6) is 0 Å². The van der Waals surface area contributed by atoms with E-state index in [4.69, 9.17) is 5.11 Å². The Morgan fingerprint density at radius 2 is 1.60 bits per heavy atom. The van der Waals surface area contributed by atoms with E-state index in [0.717, 1.165) is 0 Å². The Bertz CT molecular complexity index is 134. The lowest BCUT2D eigenvalue weighted by atomic mass is 9.97. The van der Waals surface area contributed by atoms with Gasteiger partial charge in [0, 0.05) is 0 Å². The minimum absolute atomic E-state index is 0.884. The van der Waals surface area contributed by atoms with E-state index in [-0.39, 0.29) is 0 Å². The quantitative estimate of drug-likeness (QED) is 0.620. The Morgan fingerprint density at radius 1 is 1.20 bits per heavy atom. The van der Waals surface area contributed by atoms with E-state index in [9.17, 15) is 14.7 Å². The summed E-state index contributed by atoms with van der Waals surface area (Å²) in [4.78, 5) is 20.2. The lowest BCUT2D eigenvalue weighted by Gasteiger charge is -2.07. The number of rotatable bonds is 3. The standard InChI is InChI=1S/C6H9O4/c1-3(5(7)8)4(2)6(9)10/h3-4H,1-2H3,(H,7,8). The van der Waals surface area contributed by atoms with Gasteiger partial charge in [0.1, 0.15) is 0 Å². The molecule has 2 unspecified atom stereocenters. The maximum absolute atomic E-state index is 10.2. The maximum Gasteiger partial charge on any atom is 0.359 e. The molecule has 0 saturated heterocycles. The number of aliphatic carboxylic acids is 1. The second-order valence-corrected chi connectivity index (χ2v) is 2.23. The molecule has 0 bridgehead atoms. The summed E-state index contributed by atoms with van der Waals surface area (Å²) in [6.45, 7) is 2.65. The highest BCUT2D eigenvalue weighted by molar-refractivity contribution is 5.79. The third-order valence-corrected chi connectivity index (χ3v) is 1.51. The number of carboxylic acids is 1. The van der Waals surface area contributed by atoms with Gasteiger partial charge in [-0.2, -0.15) is 0 Å². The minimum atomic E-state index is -1.32. The number of carboxylic acid groups (broad SMARTS) is 1. The molecular weight excluding hydrogens is 136 g/mol. The van der Waals surface area contributed by atoms with Crippen molar-refractivity contribution >= 4 is 11.9 Å². The molecule has 0 heterocycles. The fraction of sp³-hybridized carbons (Fsp3) is 0.667. The molecule has 2 atom stereocenters. The zero-order valence-electron chi connectivity index (χ0n) is 5.83. The lowest BCUT2D eigenvalue weighted by molar-refractivity contribution is -0.156. The van der Waals surface area contributed by atoms with Crippen molar-refractivity contribution in [1.29, 1.82) is 0 Å². The van der Waals surface area contributed by atoms with Gasteiger partial charge in [-0.05, 0) is 0 Å². The number of carbonyl (C=O) groups excluding carboxylic acids is 1. The average Bonchev–Trinajstić information content (AvgIpc) is 1.84. The molecule has 0 aliphatic carbocycles. The van der Waals surface area contributed by atoms with Gasteiger partial charge >= 0.3 is 11.9 Å². The first-order valence-electron chi connectivity index (χ1n) is 2.90. The Hall–Kier alpha value is -1.06. The fourth-order valence-electron chi connectivity index (χ4n) is 0.418. The van der Waals surface area contributed by atoms with Crippen LogP contribution in [0.4, 0.5) is 0 Å². The normalized spacial score (nSPS) is 15.8. The number of hydrogen-bond acceptors (Lipinski definition) is 2. The monoisotopic (exact) mass is 145 g/mol. The SMILES string of the molecule is CC(C([O])=O)C(C)C(=O)O. The van der Waals surface area contributed by atoms with Crippen molar-refractivity contribution in [2.24, 2.45) is 11.8 Å². The highest BCUT2D eigenvalue weighted by atomic mass is 16.4. The van der Waals surface area contributed by atoms with E-state index in [1.54, 1.807) is 0 Å². The van der Waals surface area contributed by atoms with Crippen molar-refractivity contribution in [3.63, 3.8) is 0 Å². The summed E-state index contributed by atoms with van der Waals surface area (Å²) in [5, 5.41) is 18.4. The molecule has 4 heteroatoms. The first-order valence-corrected chi connectivity index (χ1v) is 2.90. The van der Waals surface area contributed by atoms with Crippen LogP contribution in [0.3, 0.4) is 0 Å². The van der Waals surface area contributed by atoms with E-state index in [2.05, 4.69) is 0 Å². The van der Waals surface area contributed by atoms with Crippen LogP contribution in [-0.2, 0) is 14.7 Å². The molecule has 0 aromatic carbocycles. The van der Waals surface area contributed by atoms with Crippen LogP contribution in [0.25, 0.3) is 0 Å². The Balaban J connectivity index is 4.07. The first kappa shape index (κ1) is 8.94. The van der Waals surface area contributed by atoms with Crippen LogP contribution in [0.2, 0.25) is 0 Å². The molecule has 10 heavy (non-hydrogen) atoms. The van der Waals surface area contributed by atoms with E-state index in [1.807, 2.05) is 0 Å². The third kappa shape index (κ3) is 2.05. The molecular formula is C6H9O4.